The number of hydrogen-bond donors (Lipinski definition) is 0. The molecule has 2 aromatic rings. The first kappa shape index (κ1) is 16.1. The molecule has 0 radical (unpaired) electrons. The number of pyridine rings is 1. The second-order valence-electron chi connectivity index (χ2n) is 4.11. The number of halogens is 4. The Hall–Kier alpha value is -2.28. The van der Waals surface area contributed by atoms with E-state index in [1.165, 1.54) is 31.5 Å². The third kappa shape index (κ3) is 3.88. The number of alkyl halides is 3. The molecule has 0 fully saturated rings. The van der Waals surface area contributed by atoms with Crippen molar-refractivity contribution in [2.75, 3.05) is 7.11 Å². The summed E-state index contributed by atoms with van der Waals surface area (Å²) < 4.78 is 44.8. The van der Waals surface area contributed by atoms with Crippen LogP contribution < -0.4 is 4.74 Å². The molecule has 8 heteroatoms. The van der Waals surface area contributed by atoms with Crippen LogP contribution in [0.4, 0.5) is 13.2 Å². The molecule has 0 saturated carbocycles. The van der Waals surface area contributed by atoms with Gasteiger partial charge in [-0.2, -0.15) is 0 Å². The topological polar surface area (TPSA) is 48.4 Å². The van der Waals surface area contributed by atoms with E-state index in [0.717, 1.165) is 12.1 Å². The Morgan fingerprint density at radius 2 is 1.86 bits per heavy atom. The standard InChI is InChI=1S/C14H9ClF3NO3/c1-21-13(20)11-6-9(15)7-19-12(11)8-2-4-10(5-3-8)22-14(16,17)18/h2-7H,1H3. The van der Waals surface area contributed by atoms with Crippen LogP contribution in [0.5, 0.6) is 5.75 Å². The molecule has 116 valence electrons. The highest BCUT2D eigenvalue weighted by atomic mass is 35.5. The molecule has 0 saturated heterocycles. The predicted molar refractivity (Wildman–Crippen MR) is 72.7 cm³/mol. The van der Waals surface area contributed by atoms with Crippen LogP contribution in [0.15, 0.2) is 36.5 Å². The van der Waals surface area contributed by atoms with Gasteiger partial charge in [-0.25, -0.2) is 4.79 Å². The quantitative estimate of drug-likeness (QED) is 0.795. The highest BCUT2D eigenvalue weighted by Gasteiger charge is 2.31. The van der Waals surface area contributed by atoms with E-state index in [1.54, 1.807) is 0 Å². The van der Waals surface area contributed by atoms with Crippen molar-refractivity contribution in [1.29, 1.82) is 0 Å². The van der Waals surface area contributed by atoms with Crippen molar-refractivity contribution in [3.05, 3.63) is 47.1 Å². The fraction of sp³-hybridized carbons (Fsp3) is 0.143. The Morgan fingerprint density at radius 1 is 1.23 bits per heavy atom. The largest absolute Gasteiger partial charge is 0.573 e. The van der Waals surface area contributed by atoms with Crippen molar-refractivity contribution in [3.8, 4) is 17.0 Å². The Bertz CT molecular complexity index is 687. The SMILES string of the molecule is COC(=O)c1cc(Cl)cnc1-c1ccc(OC(F)(F)F)cc1. The van der Waals surface area contributed by atoms with Crippen molar-refractivity contribution >= 4 is 17.6 Å². The molecule has 4 nitrogen and oxygen atoms in total. The number of benzene rings is 1. The maximum atomic E-state index is 12.1. The molecule has 2 rings (SSSR count). The van der Waals surface area contributed by atoms with Gasteiger partial charge in [0.05, 0.1) is 23.4 Å². The molecule has 1 aromatic carbocycles. The van der Waals surface area contributed by atoms with E-state index in [1.807, 2.05) is 0 Å². The summed E-state index contributed by atoms with van der Waals surface area (Å²) in [6.45, 7) is 0. The maximum absolute atomic E-state index is 12.1. The zero-order chi connectivity index (χ0) is 16.3. The first-order chi connectivity index (χ1) is 10.3. The minimum absolute atomic E-state index is 0.111. The van der Waals surface area contributed by atoms with Crippen molar-refractivity contribution in [3.63, 3.8) is 0 Å². The second-order valence-corrected chi connectivity index (χ2v) is 4.55. The van der Waals surface area contributed by atoms with Gasteiger partial charge in [-0.3, -0.25) is 4.98 Å². The van der Waals surface area contributed by atoms with Crippen LogP contribution in [0, 0.1) is 0 Å². The molecule has 0 spiro atoms. The van der Waals surface area contributed by atoms with E-state index >= 15 is 0 Å². The van der Waals surface area contributed by atoms with Gasteiger partial charge in [-0.05, 0) is 30.3 Å². The lowest BCUT2D eigenvalue weighted by molar-refractivity contribution is -0.274. The molecule has 0 bridgehead atoms. The normalized spacial score (nSPS) is 11.1. The van der Waals surface area contributed by atoms with Gasteiger partial charge in [0.25, 0.3) is 0 Å². The van der Waals surface area contributed by atoms with Gasteiger partial charge in [0.1, 0.15) is 5.75 Å². The lowest BCUT2D eigenvalue weighted by Crippen LogP contribution is -2.17. The van der Waals surface area contributed by atoms with Crippen molar-refractivity contribution < 1.29 is 27.4 Å². The molecule has 22 heavy (non-hydrogen) atoms. The van der Waals surface area contributed by atoms with E-state index in [-0.39, 0.29) is 22.0 Å². The van der Waals surface area contributed by atoms with Gasteiger partial charge in [0.2, 0.25) is 0 Å². The number of aromatic nitrogens is 1. The molecular formula is C14H9ClF3NO3. The third-order valence-electron chi connectivity index (χ3n) is 2.62. The molecule has 0 aliphatic carbocycles. The number of esters is 1. The number of ether oxygens (including phenoxy) is 2. The summed E-state index contributed by atoms with van der Waals surface area (Å²) >= 11 is 5.79. The van der Waals surface area contributed by atoms with Gasteiger partial charge in [0, 0.05) is 11.8 Å². The lowest BCUT2D eigenvalue weighted by atomic mass is 10.1. The summed E-state index contributed by atoms with van der Waals surface area (Å²) in [5, 5.41) is 0.237. The third-order valence-corrected chi connectivity index (χ3v) is 2.83. The smallest absolute Gasteiger partial charge is 0.465 e. The summed E-state index contributed by atoms with van der Waals surface area (Å²) in [7, 11) is 1.20. The zero-order valence-corrected chi connectivity index (χ0v) is 11.9. The second kappa shape index (κ2) is 6.23. The number of methoxy groups -OCH3 is 1. The summed E-state index contributed by atoms with van der Waals surface area (Å²) in [5.41, 5.74) is 0.779. The molecule has 0 atom stereocenters. The molecule has 1 aromatic heterocycles. The molecule has 0 amide bonds. The van der Waals surface area contributed by atoms with Crippen LogP contribution in [-0.4, -0.2) is 24.4 Å². The van der Waals surface area contributed by atoms with E-state index in [0.29, 0.717) is 5.56 Å². The summed E-state index contributed by atoms with van der Waals surface area (Å²) in [6.07, 6.45) is -3.44. The molecular weight excluding hydrogens is 323 g/mol. The molecule has 0 unspecified atom stereocenters. The van der Waals surface area contributed by atoms with Gasteiger partial charge in [-0.15, -0.1) is 13.2 Å². The zero-order valence-electron chi connectivity index (χ0n) is 11.1. The Labute approximate surface area is 128 Å². The number of rotatable bonds is 3. The highest BCUT2D eigenvalue weighted by Crippen LogP contribution is 2.28. The lowest BCUT2D eigenvalue weighted by Gasteiger charge is -2.10. The van der Waals surface area contributed by atoms with Crippen LogP contribution in [0.3, 0.4) is 0 Å². The van der Waals surface area contributed by atoms with Crippen LogP contribution in [-0.2, 0) is 4.74 Å². The minimum Gasteiger partial charge on any atom is -0.465 e. The first-order valence-electron chi connectivity index (χ1n) is 5.90. The van der Waals surface area contributed by atoms with Gasteiger partial charge < -0.3 is 9.47 Å². The summed E-state index contributed by atoms with van der Waals surface area (Å²) in [4.78, 5) is 15.7. The monoisotopic (exact) mass is 331 g/mol. The van der Waals surface area contributed by atoms with E-state index in [2.05, 4.69) is 14.5 Å². The Morgan fingerprint density at radius 3 is 2.41 bits per heavy atom. The highest BCUT2D eigenvalue weighted by molar-refractivity contribution is 6.30. The van der Waals surface area contributed by atoms with Gasteiger partial charge >= 0.3 is 12.3 Å². The maximum Gasteiger partial charge on any atom is 0.573 e. The van der Waals surface area contributed by atoms with Gasteiger partial charge in [0.15, 0.2) is 0 Å². The number of hydrogen-bond acceptors (Lipinski definition) is 4. The number of nitrogens with zero attached hydrogens (tertiary/aromatic N) is 1. The van der Waals surface area contributed by atoms with E-state index in [4.69, 9.17) is 11.6 Å². The van der Waals surface area contributed by atoms with Crippen LogP contribution in [0.25, 0.3) is 11.3 Å². The molecule has 0 N–H and O–H groups in total. The number of carbonyl (C=O) groups excluding carboxylic acids is 1. The minimum atomic E-state index is -4.77. The fourth-order valence-corrected chi connectivity index (χ4v) is 1.91. The predicted octanol–water partition coefficient (Wildman–Crippen LogP) is 4.09. The van der Waals surface area contributed by atoms with Crippen molar-refractivity contribution in [2.45, 2.75) is 6.36 Å². The van der Waals surface area contributed by atoms with Crippen LogP contribution >= 0.6 is 11.6 Å². The van der Waals surface area contributed by atoms with Gasteiger partial charge in [-0.1, -0.05) is 11.6 Å². The van der Waals surface area contributed by atoms with E-state index < -0.39 is 12.3 Å². The number of carbonyl (C=O) groups is 1. The molecule has 0 aliphatic heterocycles. The first-order valence-corrected chi connectivity index (χ1v) is 6.28. The summed E-state index contributed by atoms with van der Waals surface area (Å²) in [6, 6.07) is 6.32. The van der Waals surface area contributed by atoms with Crippen molar-refractivity contribution in [2.24, 2.45) is 0 Å². The molecule has 0 aliphatic rings. The van der Waals surface area contributed by atoms with Crippen LogP contribution in [0.2, 0.25) is 5.02 Å². The molecule has 1 heterocycles. The van der Waals surface area contributed by atoms with Crippen LogP contribution in [0.1, 0.15) is 10.4 Å². The Balaban J connectivity index is 2.38. The average Bonchev–Trinajstić information content (AvgIpc) is 2.46. The fourth-order valence-electron chi connectivity index (χ4n) is 1.75. The van der Waals surface area contributed by atoms with E-state index in [9.17, 15) is 18.0 Å². The Kier molecular flexibility index (Phi) is 4.56. The van der Waals surface area contributed by atoms with Crippen molar-refractivity contribution in [1.82, 2.24) is 4.98 Å². The summed E-state index contributed by atoms with van der Waals surface area (Å²) in [5.74, 6) is -1.02. The average molecular weight is 332 g/mol.